The highest BCUT2D eigenvalue weighted by molar-refractivity contribution is 5.95. The first-order valence-corrected chi connectivity index (χ1v) is 3.94. The molecule has 1 saturated heterocycles. The average molecular weight is 179 g/mol. The largest absolute Gasteiger partial charge is 0.272 e. The molecule has 13 heavy (non-hydrogen) atoms. The molecule has 0 bridgehead atoms. The molecule has 5 heteroatoms. The van der Waals surface area contributed by atoms with Crippen LogP contribution in [0.3, 0.4) is 0 Å². The maximum atomic E-state index is 11.4. The number of hydrogen-bond donors (Lipinski definition) is 2. The molecular formula is C8H9N3O2. The Morgan fingerprint density at radius 1 is 1.23 bits per heavy atom. The normalized spacial score (nSPS) is 31.6. The molecule has 68 valence electrons. The van der Waals surface area contributed by atoms with E-state index in [1.165, 1.54) is 0 Å². The summed E-state index contributed by atoms with van der Waals surface area (Å²) in [7, 11) is 0. The quantitative estimate of drug-likeness (QED) is 0.373. The molecule has 2 unspecified atom stereocenters. The van der Waals surface area contributed by atoms with Crippen LogP contribution in [0.25, 0.3) is 0 Å². The summed E-state index contributed by atoms with van der Waals surface area (Å²) in [6, 6.07) is 0. The number of carbonyl (C=O) groups excluding carboxylic acids is 2. The Labute approximate surface area is 74.8 Å². The van der Waals surface area contributed by atoms with Gasteiger partial charge in [0.1, 0.15) is 0 Å². The van der Waals surface area contributed by atoms with E-state index in [0.29, 0.717) is 0 Å². The number of allylic oxidation sites excluding steroid dienone is 2. The zero-order valence-electron chi connectivity index (χ0n) is 6.81. The van der Waals surface area contributed by atoms with Crippen LogP contribution in [0, 0.1) is 11.8 Å². The van der Waals surface area contributed by atoms with Gasteiger partial charge in [0.15, 0.2) is 0 Å². The summed E-state index contributed by atoms with van der Waals surface area (Å²) in [6.45, 7) is 0. The first-order chi connectivity index (χ1) is 6.20. The van der Waals surface area contributed by atoms with Crippen LogP contribution in [0.4, 0.5) is 0 Å². The van der Waals surface area contributed by atoms with E-state index in [4.69, 9.17) is 5.84 Å². The Morgan fingerprint density at radius 2 is 1.85 bits per heavy atom. The van der Waals surface area contributed by atoms with Gasteiger partial charge >= 0.3 is 0 Å². The van der Waals surface area contributed by atoms with Crippen molar-refractivity contribution in [1.82, 2.24) is 10.5 Å². The van der Waals surface area contributed by atoms with Crippen molar-refractivity contribution in [2.24, 2.45) is 17.7 Å². The highest BCUT2D eigenvalue weighted by Gasteiger charge is 2.38. The summed E-state index contributed by atoms with van der Waals surface area (Å²) in [6.07, 6.45) is 6.88. The topological polar surface area (TPSA) is 75.4 Å². The summed E-state index contributed by atoms with van der Waals surface area (Å²) in [4.78, 5) is 22.7. The Balaban J connectivity index is 2.32. The number of hydrogen-bond acceptors (Lipinski definition) is 3. The predicted octanol–water partition coefficient (Wildman–Crippen LogP) is -0.908. The van der Waals surface area contributed by atoms with E-state index in [-0.39, 0.29) is 11.8 Å². The van der Waals surface area contributed by atoms with Crippen LogP contribution in [0.5, 0.6) is 0 Å². The number of hydrazine groups is 2. The zero-order chi connectivity index (χ0) is 9.42. The standard InChI is InChI=1S/C8H9N3O2/c9-11-8(13)6-4-2-1-3-5(6)7(12)10-11/h1-6H,9H2,(H,10,12). The van der Waals surface area contributed by atoms with Crippen molar-refractivity contribution in [3.05, 3.63) is 24.3 Å². The molecule has 2 atom stereocenters. The van der Waals surface area contributed by atoms with E-state index < -0.39 is 11.8 Å². The third-order valence-electron chi connectivity index (χ3n) is 2.19. The van der Waals surface area contributed by atoms with Crippen molar-refractivity contribution in [3.8, 4) is 0 Å². The fraction of sp³-hybridized carbons (Fsp3) is 0.250. The number of carbonyl (C=O) groups is 2. The maximum Gasteiger partial charge on any atom is 0.263 e. The molecule has 2 amide bonds. The van der Waals surface area contributed by atoms with Gasteiger partial charge in [0.2, 0.25) is 5.91 Å². The number of fused-ring (bicyclic) bond motifs is 1. The summed E-state index contributed by atoms with van der Waals surface area (Å²) in [5.74, 6) is 3.89. The van der Waals surface area contributed by atoms with E-state index in [9.17, 15) is 9.59 Å². The molecular weight excluding hydrogens is 170 g/mol. The summed E-state index contributed by atoms with van der Waals surface area (Å²) in [5.41, 5.74) is 2.27. The molecule has 0 spiro atoms. The molecule has 1 heterocycles. The van der Waals surface area contributed by atoms with Crippen LogP contribution in [-0.4, -0.2) is 16.9 Å². The molecule has 0 aromatic heterocycles. The molecule has 1 fully saturated rings. The van der Waals surface area contributed by atoms with Crippen molar-refractivity contribution in [1.29, 1.82) is 0 Å². The van der Waals surface area contributed by atoms with Crippen molar-refractivity contribution in [2.75, 3.05) is 0 Å². The molecule has 2 aliphatic rings. The third kappa shape index (κ3) is 1.13. The molecule has 5 nitrogen and oxygen atoms in total. The molecule has 2 rings (SSSR count). The highest BCUT2D eigenvalue weighted by Crippen LogP contribution is 2.23. The summed E-state index contributed by atoms with van der Waals surface area (Å²) in [5, 5.41) is 0.743. The maximum absolute atomic E-state index is 11.4. The molecule has 1 aliphatic carbocycles. The second-order valence-corrected chi connectivity index (χ2v) is 3.01. The molecule has 0 saturated carbocycles. The van der Waals surface area contributed by atoms with Crippen LogP contribution >= 0.6 is 0 Å². The summed E-state index contributed by atoms with van der Waals surface area (Å²) < 4.78 is 0. The van der Waals surface area contributed by atoms with Crippen LogP contribution in [0.1, 0.15) is 0 Å². The SMILES string of the molecule is NN1NC(=O)C2C=CC=CC2C1=O. The lowest BCUT2D eigenvalue weighted by Crippen LogP contribution is -2.61. The van der Waals surface area contributed by atoms with E-state index in [2.05, 4.69) is 5.43 Å². The van der Waals surface area contributed by atoms with E-state index >= 15 is 0 Å². The number of rotatable bonds is 0. The second-order valence-electron chi connectivity index (χ2n) is 3.01. The van der Waals surface area contributed by atoms with Crippen LogP contribution in [0.2, 0.25) is 0 Å². The smallest absolute Gasteiger partial charge is 0.263 e. The van der Waals surface area contributed by atoms with Gasteiger partial charge in [-0.15, -0.1) is 0 Å². The van der Waals surface area contributed by atoms with Crippen molar-refractivity contribution in [3.63, 3.8) is 0 Å². The van der Waals surface area contributed by atoms with Crippen molar-refractivity contribution in [2.45, 2.75) is 0 Å². The molecule has 0 aromatic rings. The minimum Gasteiger partial charge on any atom is -0.272 e. The Bertz CT molecular complexity index is 321. The van der Waals surface area contributed by atoms with Gasteiger partial charge in [-0.3, -0.25) is 9.59 Å². The first kappa shape index (κ1) is 8.00. The number of amides is 2. The molecule has 3 N–H and O–H groups in total. The first-order valence-electron chi connectivity index (χ1n) is 3.94. The van der Waals surface area contributed by atoms with Gasteiger partial charge in [0, 0.05) is 0 Å². The lowest BCUT2D eigenvalue weighted by molar-refractivity contribution is -0.153. The number of nitrogens with zero attached hydrogens (tertiary/aromatic N) is 1. The van der Waals surface area contributed by atoms with Crippen LogP contribution in [0.15, 0.2) is 24.3 Å². The lowest BCUT2D eigenvalue weighted by atomic mass is 9.86. The van der Waals surface area contributed by atoms with E-state index in [0.717, 1.165) is 5.12 Å². The molecule has 1 aliphatic heterocycles. The van der Waals surface area contributed by atoms with Crippen LogP contribution in [-0.2, 0) is 9.59 Å². The van der Waals surface area contributed by atoms with Gasteiger partial charge in [0.25, 0.3) is 5.91 Å². The Morgan fingerprint density at radius 3 is 2.54 bits per heavy atom. The average Bonchev–Trinajstić information content (AvgIpc) is 2.15. The van der Waals surface area contributed by atoms with Crippen molar-refractivity contribution >= 4 is 11.8 Å². The monoisotopic (exact) mass is 179 g/mol. The predicted molar refractivity (Wildman–Crippen MR) is 44.4 cm³/mol. The highest BCUT2D eigenvalue weighted by atomic mass is 16.2. The summed E-state index contributed by atoms with van der Waals surface area (Å²) >= 11 is 0. The van der Waals surface area contributed by atoms with Crippen LogP contribution < -0.4 is 11.3 Å². The lowest BCUT2D eigenvalue weighted by Gasteiger charge is -2.32. The second kappa shape index (κ2) is 2.70. The minimum atomic E-state index is -0.441. The third-order valence-corrected chi connectivity index (χ3v) is 2.19. The Hall–Kier alpha value is -1.62. The minimum absolute atomic E-state index is 0.243. The molecule has 0 aromatic carbocycles. The fourth-order valence-corrected chi connectivity index (χ4v) is 1.50. The zero-order valence-corrected chi connectivity index (χ0v) is 6.81. The number of nitrogens with two attached hydrogens (primary N) is 1. The number of nitrogens with one attached hydrogen (secondary N) is 1. The van der Waals surface area contributed by atoms with Crippen molar-refractivity contribution < 1.29 is 9.59 Å². The van der Waals surface area contributed by atoms with Gasteiger partial charge in [0.05, 0.1) is 11.8 Å². The van der Waals surface area contributed by atoms with Gasteiger partial charge in [-0.2, -0.15) is 5.12 Å². The fourth-order valence-electron chi connectivity index (χ4n) is 1.50. The van der Waals surface area contributed by atoms with Gasteiger partial charge in [-0.25, -0.2) is 11.3 Å². The Kier molecular flexibility index (Phi) is 1.66. The van der Waals surface area contributed by atoms with Gasteiger partial charge in [-0.05, 0) is 0 Å². The van der Waals surface area contributed by atoms with Gasteiger partial charge < -0.3 is 0 Å². The van der Waals surface area contributed by atoms with Gasteiger partial charge in [-0.1, -0.05) is 24.3 Å². The van der Waals surface area contributed by atoms with E-state index in [1.54, 1.807) is 24.3 Å². The molecule has 0 radical (unpaired) electrons. The van der Waals surface area contributed by atoms with E-state index in [1.807, 2.05) is 0 Å².